The van der Waals surface area contributed by atoms with Gasteiger partial charge in [-0.05, 0) is 36.8 Å². The van der Waals surface area contributed by atoms with Crippen molar-refractivity contribution >= 4 is 33.0 Å². The molecular formula is C24H23N5O4S2. The number of nitrogens with one attached hydrogen (secondary N) is 1. The highest BCUT2D eigenvalue weighted by atomic mass is 32.2. The van der Waals surface area contributed by atoms with Gasteiger partial charge in [-0.3, -0.25) is 4.79 Å². The Hall–Kier alpha value is -3.67. The van der Waals surface area contributed by atoms with Crippen LogP contribution in [0.3, 0.4) is 0 Å². The van der Waals surface area contributed by atoms with Crippen LogP contribution < -0.4 is 11.1 Å². The van der Waals surface area contributed by atoms with E-state index in [0.29, 0.717) is 5.56 Å². The molecule has 0 aliphatic heterocycles. The summed E-state index contributed by atoms with van der Waals surface area (Å²) < 4.78 is 27.6. The molecule has 4 aromatic rings. The van der Waals surface area contributed by atoms with Crippen LogP contribution in [0.25, 0.3) is 10.6 Å². The number of carboxylic acids is 1. The molecule has 0 bridgehead atoms. The number of carbonyl (C=O) groups is 1. The third-order valence-corrected chi connectivity index (χ3v) is 8.35. The monoisotopic (exact) mass is 509 g/mol. The first kappa shape index (κ1) is 24.5. The molecule has 0 amide bonds. The van der Waals surface area contributed by atoms with Crippen molar-refractivity contribution in [1.82, 2.24) is 15.0 Å². The second-order valence-corrected chi connectivity index (χ2v) is 11.3. The lowest BCUT2D eigenvalue weighted by Gasteiger charge is -2.29. The van der Waals surface area contributed by atoms with Crippen molar-refractivity contribution < 1.29 is 18.3 Å². The number of aromatic nitrogens is 3. The molecule has 11 heteroatoms. The molecular weight excluding hydrogens is 486 g/mol. The van der Waals surface area contributed by atoms with Crippen LogP contribution in [0, 0.1) is 6.92 Å². The lowest BCUT2D eigenvalue weighted by atomic mass is 10.0. The van der Waals surface area contributed by atoms with Crippen LogP contribution >= 0.6 is 11.3 Å². The van der Waals surface area contributed by atoms with Gasteiger partial charge >= 0.3 is 5.97 Å². The molecule has 0 saturated carbocycles. The predicted octanol–water partition coefficient (Wildman–Crippen LogP) is 3.23. The molecule has 0 spiro atoms. The van der Waals surface area contributed by atoms with Crippen LogP contribution in [0.15, 0.2) is 78.1 Å². The number of pyridine rings is 2. The normalized spacial score (nSPS) is 13.2. The van der Waals surface area contributed by atoms with E-state index in [1.165, 1.54) is 18.3 Å². The summed E-state index contributed by atoms with van der Waals surface area (Å²) in [6.45, 7) is 1.60. The number of hydrogen-bond donors (Lipinski definition) is 3. The Morgan fingerprint density at radius 1 is 1.09 bits per heavy atom. The van der Waals surface area contributed by atoms with Crippen molar-refractivity contribution in [2.75, 3.05) is 11.9 Å². The lowest BCUT2D eigenvalue weighted by Crippen LogP contribution is -2.47. The van der Waals surface area contributed by atoms with Crippen molar-refractivity contribution in [1.29, 1.82) is 0 Å². The van der Waals surface area contributed by atoms with E-state index in [1.54, 1.807) is 41.8 Å². The van der Waals surface area contributed by atoms with E-state index in [0.717, 1.165) is 15.4 Å². The largest absolute Gasteiger partial charge is 0.480 e. The molecule has 3 heterocycles. The number of anilines is 1. The summed E-state index contributed by atoms with van der Waals surface area (Å²) in [5, 5.41) is 12.3. The van der Waals surface area contributed by atoms with Crippen molar-refractivity contribution in [2.24, 2.45) is 5.73 Å². The minimum atomic E-state index is -4.21. The van der Waals surface area contributed by atoms with Gasteiger partial charge in [0.05, 0.1) is 5.69 Å². The van der Waals surface area contributed by atoms with Gasteiger partial charge in [0.25, 0.3) is 0 Å². The van der Waals surface area contributed by atoms with Gasteiger partial charge in [0.15, 0.2) is 9.90 Å². The Morgan fingerprint density at radius 2 is 1.86 bits per heavy atom. The van der Waals surface area contributed by atoms with Crippen LogP contribution in [0.5, 0.6) is 0 Å². The highest BCUT2D eigenvalue weighted by Crippen LogP contribution is 2.34. The van der Waals surface area contributed by atoms with Gasteiger partial charge in [-0.2, -0.15) is 0 Å². The topological polar surface area (TPSA) is 148 Å². The Bertz CT molecular complexity index is 1440. The SMILES string of the molecule is Cc1cnc(-c2ccc(CC(N)(c3cccc(NCC(=O)O)n3)S(=O)(=O)c3ccccn3)cc2)s1. The maximum absolute atomic E-state index is 13.8. The van der Waals surface area contributed by atoms with Crippen molar-refractivity contribution in [3.8, 4) is 10.6 Å². The third-order valence-electron chi connectivity index (χ3n) is 5.28. The number of rotatable bonds is 9. The minimum absolute atomic E-state index is 0.0677. The predicted molar refractivity (Wildman–Crippen MR) is 134 cm³/mol. The molecule has 9 nitrogen and oxygen atoms in total. The second kappa shape index (κ2) is 9.90. The Labute approximate surface area is 206 Å². The molecule has 0 aliphatic rings. The highest BCUT2D eigenvalue weighted by molar-refractivity contribution is 7.92. The lowest BCUT2D eigenvalue weighted by molar-refractivity contribution is -0.134. The van der Waals surface area contributed by atoms with Gasteiger partial charge in [0.1, 0.15) is 17.4 Å². The fourth-order valence-electron chi connectivity index (χ4n) is 3.51. The molecule has 0 aliphatic carbocycles. The van der Waals surface area contributed by atoms with Gasteiger partial charge in [0.2, 0.25) is 9.84 Å². The molecule has 3 aromatic heterocycles. The second-order valence-electron chi connectivity index (χ2n) is 7.87. The first-order valence-corrected chi connectivity index (χ1v) is 12.9. The quantitative estimate of drug-likeness (QED) is 0.309. The summed E-state index contributed by atoms with van der Waals surface area (Å²) in [5.74, 6) is -0.877. The maximum atomic E-state index is 13.8. The summed E-state index contributed by atoms with van der Waals surface area (Å²) in [6.07, 6.45) is 3.10. The van der Waals surface area contributed by atoms with Crippen LogP contribution in [-0.4, -0.2) is 41.0 Å². The molecule has 0 radical (unpaired) electrons. The summed E-state index contributed by atoms with van der Waals surface area (Å²) in [4.78, 5) is 22.8. The fraction of sp³-hybridized carbons (Fsp3) is 0.167. The summed E-state index contributed by atoms with van der Waals surface area (Å²) >= 11 is 1.57. The number of nitrogens with zero attached hydrogens (tertiary/aromatic N) is 3. The van der Waals surface area contributed by atoms with Crippen LogP contribution in [0.1, 0.15) is 16.1 Å². The Balaban J connectivity index is 1.75. The molecule has 1 aromatic carbocycles. The minimum Gasteiger partial charge on any atom is -0.480 e. The van der Waals surface area contributed by atoms with Crippen LogP contribution in [-0.2, 0) is 25.9 Å². The van der Waals surface area contributed by atoms with Gasteiger partial charge in [-0.15, -0.1) is 11.3 Å². The van der Waals surface area contributed by atoms with E-state index in [2.05, 4.69) is 20.3 Å². The van der Waals surface area contributed by atoms with E-state index < -0.39 is 20.7 Å². The molecule has 35 heavy (non-hydrogen) atoms. The number of nitrogens with two attached hydrogens (primary N) is 1. The van der Waals surface area contributed by atoms with Crippen molar-refractivity contribution in [3.63, 3.8) is 0 Å². The smallest absolute Gasteiger partial charge is 0.322 e. The van der Waals surface area contributed by atoms with Gasteiger partial charge in [0, 0.05) is 29.3 Å². The zero-order valence-electron chi connectivity index (χ0n) is 18.7. The summed E-state index contributed by atoms with van der Waals surface area (Å²) in [5.41, 5.74) is 8.35. The average Bonchev–Trinajstić information content (AvgIpc) is 3.30. The molecule has 1 atom stereocenters. The van der Waals surface area contributed by atoms with Crippen molar-refractivity contribution in [3.05, 3.63) is 89.2 Å². The number of carboxylic acid groups (broad SMARTS) is 1. The number of aliphatic carboxylic acids is 1. The fourth-order valence-corrected chi connectivity index (χ4v) is 5.85. The first-order valence-electron chi connectivity index (χ1n) is 10.6. The van der Waals surface area contributed by atoms with E-state index in [9.17, 15) is 13.2 Å². The number of thiazole rings is 1. The third kappa shape index (κ3) is 5.21. The van der Waals surface area contributed by atoms with Crippen LogP contribution in [0.2, 0.25) is 0 Å². The van der Waals surface area contributed by atoms with Crippen LogP contribution in [0.4, 0.5) is 5.82 Å². The van der Waals surface area contributed by atoms with Gasteiger partial charge in [-0.25, -0.2) is 23.4 Å². The van der Waals surface area contributed by atoms with Gasteiger partial charge in [-0.1, -0.05) is 36.4 Å². The number of benzene rings is 1. The summed E-state index contributed by atoms with van der Waals surface area (Å²) in [7, 11) is -4.21. The summed E-state index contributed by atoms with van der Waals surface area (Å²) in [6, 6.07) is 16.6. The van der Waals surface area contributed by atoms with E-state index in [-0.39, 0.29) is 29.5 Å². The molecule has 180 valence electrons. The molecule has 0 fully saturated rings. The molecule has 4 N–H and O–H groups in total. The van der Waals surface area contributed by atoms with Gasteiger partial charge < -0.3 is 16.2 Å². The maximum Gasteiger partial charge on any atom is 0.322 e. The van der Waals surface area contributed by atoms with E-state index in [4.69, 9.17) is 10.8 Å². The average molecular weight is 510 g/mol. The van der Waals surface area contributed by atoms with E-state index in [1.807, 2.05) is 31.2 Å². The van der Waals surface area contributed by atoms with Crippen molar-refractivity contribution in [2.45, 2.75) is 23.2 Å². The number of sulfone groups is 1. The molecule has 0 saturated heterocycles. The molecule has 1 unspecified atom stereocenters. The Kier molecular flexibility index (Phi) is 6.92. The first-order chi connectivity index (χ1) is 16.7. The number of aryl methyl sites for hydroxylation is 1. The Morgan fingerprint density at radius 3 is 2.49 bits per heavy atom. The molecule has 4 rings (SSSR count). The highest BCUT2D eigenvalue weighted by Gasteiger charge is 2.45. The zero-order valence-corrected chi connectivity index (χ0v) is 20.4. The van der Waals surface area contributed by atoms with E-state index >= 15 is 0 Å². The standard InChI is InChI=1S/C24H23N5O4S2/c1-16-14-28-23(34-16)18-10-8-17(9-11-18)13-24(25,35(32,33)21-7-2-3-12-26-21)19-5-4-6-20(29-19)27-15-22(30)31/h2-12,14H,13,15,25H2,1H3,(H,27,29)(H,30,31). The number of hydrogen-bond acceptors (Lipinski definition) is 9. The zero-order chi connectivity index (χ0) is 25.1.